The summed E-state index contributed by atoms with van der Waals surface area (Å²) < 4.78 is 12.7. The summed E-state index contributed by atoms with van der Waals surface area (Å²) in [4.78, 5) is 17.8. The fourth-order valence-corrected chi connectivity index (χ4v) is 8.28. The fourth-order valence-electron chi connectivity index (χ4n) is 8.09. The molecule has 250 valence electrons. The van der Waals surface area contributed by atoms with Crippen molar-refractivity contribution in [2.75, 3.05) is 51.7 Å². The zero-order valence-electron chi connectivity index (χ0n) is 27.5. The predicted molar refractivity (Wildman–Crippen MR) is 191 cm³/mol. The molecule has 2 N–H and O–H groups in total. The number of ether oxygens (including phenoxy) is 2. The second-order valence-corrected chi connectivity index (χ2v) is 14.2. The maximum absolute atomic E-state index is 13.0. The molecule has 2 aliphatic carbocycles. The number of hydrogen-bond acceptors (Lipinski definition) is 6. The van der Waals surface area contributed by atoms with Gasteiger partial charge in [0.2, 0.25) is 0 Å². The van der Waals surface area contributed by atoms with E-state index >= 15 is 0 Å². The summed E-state index contributed by atoms with van der Waals surface area (Å²) in [6.45, 7) is 5.86. The Balaban J connectivity index is 1.17. The normalized spacial score (nSPS) is 24.2. The molecule has 1 unspecified atom stereocenters. The number of nitrogens with zero attached hydrogens (tertiary/aromatic N) is 2. The molecule has 4 aromatic rings. The second kappa shape index (κ2) is 13.8. The van der Waals surface area contributed by atoms with Crippen LogP contribution in [0.25, 0.3) is 0 Å². The van der Waals surface area contributed by atoms with Crippen LogP contribution in [0.15, 0.2) is 97.1 Å². The van der Waals surface area contributed by atoms with Gasteiger partial charge >= 0.3 is 5.97 Å². The lowest BCUT2D eigenvalue weighted by atomic mass is 9.59. The van der Waals surface area contributed by atoms with Crippen molar-refractivity contribution in [2.24, 2.45) is 0 Å². The van der Waals surface area contributed by atoms with Crippen LogP contribution in [0.4, 0.5) is 5.69 Å². The van der Waals surface area contributed by atoms with Gasteiger partial charge < -0.3 is 24.8 Å². The number of rotatable bonds is 10. The second-order valence-electron chi connectivity index (χ2n) is 13.7. The third-order valence-electron chi connectivity index (χ3n) is 10.8. The van der Waals surface area contributed by atoms with Crippen LogP contribution in [0.2, 0.25) is 5.02 Å². The molecule has 0 amide bonds. The maximum Gasteiger partial charge on any atom is 0.329 e. The van der Waals surface area contributed by atoms with Gasteiger partial charge in [-0.1, -0.05) is 54.1 Å². The Kier molecular flexibility index (Phi) is 9.36. The molecule has 7 nitrogen and oxygen atoms in total. The van der Waals surface area contributed by atoms with Crippen molar-refractivity contribution in [1.29, 1.82) is 0 Å². The van der Waals surface area contributed by atoms with E-state index in [-0.39, 0.29) is 11.3 Å². The van der Waals surface area contributed by atoms with Crippen LogP contribution in [0.1, 0.15) is 48.3 Å². The SMILES string of the molecule is CN1CCN(CCOc2ccc3c(c2)C2(CCC(Nc4cccc(Cl)c4)(C(=O)O)CC2)C(c2cccc(Oc4ccccc4)c2)C3)CC1. The third kappa shape index (κ3) is 6.77. The molecule has 0 bridgehead atoms. The van der Waals surface area contributed by atoms with Crippen LogP contribution < -0.4 is 14.8 Å². The molecular weight excluding hydrogens is 622 g/mol. The van der Waals surface area contributed by atoms with Gasteiger partial charge in [0.15, 0.2) is 0 Å². The lowest BCUT2D eigenvalue weighted by Gasteiger charge is -2.47. The van der Waals surface area contributed by atoms with Crippen LogP contribution in [0.3, 0.4) is 0 Å². The lowest BCUT2D eigenvalue weighted by Crippen LogP contribution is -2.52. The molecule has 1 saturated heterocycles. The van der Waals surface area contributed by atoms with Crippen molar-refractivity contribution in [3.8, 4) is 17.2 Å². The molecule has 48 heavy (non-hydrogen) atoms. The minimum Gasteiger partial charge on any atom is -0.492 e. The molecule has 1 aliphatic heterocycles. The predicted octanol–water partition coefficient (Wildman–Crippen LogP) is 7.85. The van der Waals surface area contributed by atoms with Gasteiger partial charge in [0.25, 0.3) is 0 Å². The summed E-state index contributed by atoms with van der Waals surface area (Å²) in [5.41, 5.74) is 3.21. The molecule has 3 aliphatic rings. The van der Waals surface area contributed by atoms with E-state index in [0.29, 0.717) is 24.5 Å². The number of carboxylic acid groups (broad SMARTS) is 1. The highest BCUT2D eigenvalue weighted by Gasteiger charge is 2.54. The zero-order valence-corrected chi connectivity index (χ0v) is 28.3. The number of aliphatic carboxylic acids is 1. The average Bonchev–Trinajstić information content (AvgIpc) is 3.40. The number of carboxylic acids is 1. The smallest absolute Gasteiger partial charge is 0.329 e. The van der Waals surface area contributed by atoms with E-state index in [1.54, 1.807) is 12.1 Å². The van der Waals surface area contributed by atoms with E-state index < -0.39 is 11.5 Å². The number of carbonyl (C=O) groups is 1. The van der Waals surface area contributed by atoms with Gasteiger partial charge in [0, 0.05) is 48.8 Å². The minimum absolute atomic E-state index is 0.172. The quantitative estimate of drug-likeness (QED) is 0.179. The summed E-state index contributed by atoms with van der Waals surface area (Å²) >= 11 is 6.28. The molecule has 4 aromatic carbocycles. The van der Waals surface area contributed by atoms with Crippen LogP contribution in [0.5, 0.6) is 17.2 Å². The molecule has 2 fully saturated rings. The molecule has 7 rings (SSSR count). The first-order valence-corrected chi connectivity index (χ1v) is 17.5. The van der Waals surface area contributed by atoms with Crippen molar-refractivity contribution in [3.05, 3.63) is 119 Å². The number of nitrogens with one attached hydrogen (secondary N) is 1. The summed E-state index contributed by atoms with van der Waals surface area (Å²) in [5.74, 6) is 1.83. The van der Waals surface area contributed by atoms with E-state index in [2.05, 4.69) is 58.6 Å². The number of para-hydroxylation sites is 1. The number of fused-ring (bicyclic) bond motifs is 2. The molecule has 0 aromatic heterocycles. The first kappa shape index (κ1) is 32.5. The standard InChI is InChI=1S/C40H44ClN3O4/c1-43-19-21-44(22-20-43)23-24-47-34-14-13-30-26-36(29-7-5-12-35(25-29)48-33-10-3-2-4-11-33)39(37(30)28-34)15-17-40(18-16-39,38(45)46)42-32-9-6-8-31(41)27-32/h2-14,25,27-28,36,42H,15-24,26H2,1H3,(H,45,46). The topological polar surface area (TPSA) is 74.3 Å². The average molecular weight is 666 g/mol. The molecule has 1 saturated carbocycles. The summed E-state index contributed by atoms with van der Waals surface area (Å²) in [6, 6.07) is 32.2. The van der Waals surface area contributed by atoms with E-state index in [0.717, 1.165) is 74.9 Å². The van der Waals surface area contributed by atoms with Crippen LogP contribution in [-0.2, 0) is 16.6 Å². The van der Waals surface area contributed by atoms with Gasteiger partial charge in [-0.25, -0.2) is 4.79 Å². The van der Waals surface area contributed by atoms with Gasteiger partial charge in [-0.2, -0.15) is 0 Å². The summed E-state index contributed by atoms with van der Waals surface area (Å²) in [7, 11) is 2.17. The van der Waals surface area contributed by atoms with E-state index in [1.807, 2.05) is 48.5 Å². The Morgan fingerprint density at radius 2 is 1.60 bits per heavy atom. The molecule has 1 spiro atoms. The van der Waals surface area contributed by atoms with E-state index in [1.165, 1.54) is 16.7 Å². The maximum atomic E-state index is 13.0. The minimum atomic E-state index is -1.09. The summed E-state index contributed by atoms with van der Waals surface area (Å²) in [6.07, 6.45) is 3.30. The molecular formula is C40H44ClN3O4. The van der Waals surface area contributed by atoms with Gasteiger partial charge in [0.1, 0.15) is 29.4 Å². The van der Waals surface area contributed by atoms with Gasteiger partial charge in [-0.15, -0.1) is 0 Å². The number of halogens is 1. The highest BCUT2D eigenvalue weighted by Crippen LogP contribution is 2.58. The van der Waals surface area contributed by atoms with Crippen molar-refractivity contribution in [2.45, 2.75) is 49.0 Å². The van der Waals surface area contributed by atoms with Crippen molar-refractivity contribution >= 4 is 23.3 Å². The monoisotopic (exact) mass is 665 g/mol. The highest BCUT2D eigenvalue weighted by atomic mass is 35.5. The van der Waals surface area contributed by atoms with E-state index in [9.17, 15) is 9.90 Å². The van der Waals surface area contributed by atoms with Crippen molar-refractivity contribution in [3.63, 3.8) is 0 Å². The van der Waals surface area contributed by atoms with Gasteiger partial charge in [-0.05, 0) is 116 Å². The largest absolute Gasteiger partial charge is 0.492 e. The Labute approximate surface area is 288 Å². The van der Waals surface area contributed by atoms with Crippen LogP contribution in [0, 0.1) is 0 Å². The molecule has 1 atom stereocenters. The Bertz CT molecular complexity index is 1730. The van der Waals surface area contributed by atoms with Crippen LogP contribution >= 0.6 is 11.6 Å². The van der Waals surface area contributed by atoms with Crippen LogP contribution in [-0.4, -0.2) is 72.8 Å². The number of anilines is 1. The zero-order chi connectivity index (χ0) is 33.1. The third-order valence-corrected chi connectivity index (χ3v) is 11.1. The molecule has 0 radical (unpaired) electrons. The molecule has 8 heteroatoms. The lowest BCUT2D eigenvalue weighted by molar-refractivity contribution is -0.144. The van der Waals surface area contributed by atoms with Crippen molar-refractivity contribution in [1.82, 2.24) is 9.80 Å². The first-order valence-electron chi connectivity index (χ1n) is 17.1. The number of likely N-dealkylation sites (N-methyl/N-ethyl adjacent to an activating group) is 1. The number of hydrogen-bond donors (Lipinski definition) is 2. The van der Waals surface area contributed by atoms with E-state index in [4.69, 9.17) is 21.1 Å². The van der Waals surface area contributed by atoms with Crippen molar-refractivity contribution < 1.29 is 19.4 Å². The fraction of sp³-hybridized carbons (Fsp3) is 0.375. The Morgan fingerprint density at radius 3 is 2.35 bits per heavy atom. The molecule has 1 heterocycles. The Hall–Kier alpha value is -4.04. The number of piperazine rings is 1. The van der Waals surface area contributed by atoms with Gasteiger partial charge in [-0.3, -0.25) is 4.90 Å². The Morgan fingerprint density at radius 1 is 0.854 bits per heavy atom. The highest BCUT2D eigenvalue weighted by molar-refractivity contribution is 6.30. The first-order chi connectivity index (χ1) is 23.3. The number of benzene rings is 4. The summed E-state index contributed by atoms with van der Waals surface area (Å²) in [5, 5.41) is 14.6. The van der Waals surface area contributed by atoms with Gasteiger partial charge in [0.05, 0.1) is 0 Å².